The minimum absolute atomic E-state index is 0.0704. The number of rotatable bonds is 6. The van der Waals surface area contributed by atoms with Crippen molar-refractivity contribution < 1.29 is 9.21 Å². The van der Waals surface area contributed by atoms with E-state index in [2.05, 4.69) is 10.3 Å². The average molecular weight is 386 g/mol. The molecule has 0 radical (unpaired) electrons. The van der Waals surface area contributed by atoms with Crippen molar-refractivity contribution in [3.63, 3.8) is 0 Å². The second-order valence-corrected chi connectivity index (χ2v) is 9.92. The number of thioether (sulfide) groups is 1. The van der Waals surface area contributed by atoms with Crippen molar-refractivity contribution in [3.05, 3.63) is 36.0 Å². The van der Waals surface area contributed by atoms with Crippen LogP contribution in [0.25, 0.3) is 0 Å². The van der Waals surface area contributed by atoms with Crippen molar-refractivity contribution in [1.82, 2.24) is 14.9 Å². The second-order valence-electron chi connectivity index (χ2n) is 8.98. The van der Waals surface area contributed by atoms with Crippen LogP contribution >= 0.6 is 11.8 Å². The molecule has 4 aliphatic carbocycles. The van der Waals surface area contributed by atoms with E-state index in [1.54, 1.807) is 24.0 Å². The highest BCUT2D eigenvalue weighted by molar-refractivity contribution is 7.98. The molecule has 0 unspecified atom stereocenters. The predicted octanol–water partition coefficient (Wildman–Crippen LogP) is 4.25. The number of carbonyl (C=O) groups excluding carboxylic acids is 1. The quantitative estimate of drug-likeness (QED) is 0.755. The third kappa shape index (κ3) is 3.44. The van der Waals surface area contributed by atoms with E-state index < -0.39 is 0 Å². The summed E-state index contributed by atoms with van der Waals surface area (Å²) in [6.45, 7) is 0.813. The van der Waals surface area contributed by atoms with Crippen LogP contribution in [-0.2, 0) is 12.8 Å². The molecule has 0 aromatic carbocycles. The molecule has 1 amide bonds. The van der Waals surface area contributed by atoms with Gasteiger partial charge in [0.1, 0.15) is 5.76 Å². The van der Waals surface area contributed by atoms with Crippen LogP contribution in [0.3, 0.4) is 0 Å². The fraction of sp³-hybridized carbons (Fsp3) is 0.619. The molecule has 4 fully saturated rings. The summed E-state index contributed by atoms with van der Waals surface area (Å²) in [4.78, 5) is 16.9. The first-order valence-corrected chi connectivity index (χ1v) is 11.0. The Hall–Kier alpha value is -1.69. The lowest BCUT2D eigenvalue weighted by atomic mass is 9.49. The molecule has 2 aromatic rings. The molecule has 5 nitrogen and oxygen atoms in total. The minimum atomic E-state index is -0.0704. The van der Waals surface area contributed by atoms with Crippen molar-refractivity contribution in [3.8, 4) is 0 Å². The second kappa shape index (κ2) is 6.73. The number of aryl methyl sites for hydroxylation is 1. The molecule has 144 valence electrons. The number of amides is 1. The lowest BCUT2D eigenvalue weighted by Gasteiger charge is -2.56. The van der Waals surface area contributed by atoms with Crippen LogP contribution in [0.4, 0.5) is 0 Å². The molecule has 27 heavy (non-hydrogen) atoms. The Morgan fingerprint density at radius 2 is 1.96 bits per heavy atom. The molecule has 0 atom stereocenters. The Balaban J connectivity index is 1.17. The topological polar surface area (TPSA) is 60.1 Å². The standard InChI is InChI=1S/C21H27N3O2S/c1-24-5-4-22-20(24)27-12-17-2-3-18(26-17)19(25)23-13-21-9-14-6-15(10-21)8-16(7-14)11-21/h2-5,14-16H,6-13H2,1H3,(H,23,25). The average Bonchev–Trinajstić information content (AvgIpc) is 3.26. The van der Waals surface area contributed by atoms with Gasteiger partial charge in [-0.05, 0) is 73.8 Å². The first kappa shape index (κ1) is 17.4. The van der Waals surface area contributed by atoms with Crippen molar-refractivity contribution >= 4 is 17.7 Å². The van der Waals surface area contributed by atoms with Gasteiger partial charge in [0.25, 0.3) is 5.91 Å². The highest BCUT2D eigenvalue weighted by Gasteiger charge is 2.50. The molecule has 2 aromatic heterocycles. The van der Waals surface area contributed by atoms with Crippen LogP contribution in [0.5, 0.6) is 0 Å². The first-order valence-electron chi connectivity index (χ1n) is 10.1. The molecule has 4 aliphatic rings. The zero-order chi connectivity index (χ0) is 18.4. The van der Waals surface area contributed by atoms with Crippen molar-refractivity contribution in [1.29, 1.82) is 0 Å². The zero-order valence-electron chi connectivity index (χ0n) is 15.8. The fourth-order valence-corrected chi connectivity index (χ4v) is 6.89. The number of nitrogens with one attached hydrogen (secondary N) is 1. The van der Waals surface area contributed by atoms with Crippen molar-refractivity contribution in [2.75, 3.05) is 6.54 Å². The molecule has 0 aliphatic heterocycles. The Labute approximate surface area is 164 Å². The SMILES string of the molecule is Cn1ccnc1SCc1ccc(C(=O)NCC23CC4CC(CC(C4)C2)C3)o1. The molecule has 6 rings (SSSR count). The monoisotopic (exact) mass is 385 g/mol. The number of furan rings is 1. The predicted molar refractivity (Wildman–Crippen MR) is 104 cm³/mol. The largest absolute Gasteiger partial charge is 0.455 e. The molecule has 2 heterocycles. The fourth-order valence-electron chi connectivity index (χ4n) is 6.07. The molecule has 0 saturated heterocycles. The number of aromatic nitrogens is 2. The molecular formula is C21H27N3O2S. The molecule has 4 bridgehead atoms. The van der Waals surface area contributed by atoms with Gasteiger partial charge in [-0.25, -0.2) is 4.98 Å². The van der Waals surface area contributed by atoms with Crippen LogP contribution in [0.15, 0.2) is 34.1 Å². The van der Waals surface area contributed by atoms with Gasteiger partial charge in [0.05, 0.1) is 5.75 Å². The summed E-state index contributed by atoms with van der Waals surface area (Å²) in [5.74, 6) is 4.56. The molecule has 0 spiro atoms. The number of nitrogens with zero attached hydrogens (tertiary/aromatic N) is 2. The van der Waals surface area contributed by atoms with E-state index in [-0.39, 0.29) is 5.91 Å². The minimum Gasteiger partial charge on any atom is -0.455 e. The number of imidazole rings is 1. The summed E-state index contributed by atoms with van der Waals surface area (Å²) < 4.78 is 7.76. The maximum Gasteiger partial charge on any atom is 0.287 e. The van der Waals surface area contributed by atoms with Gasteiger partial charge >= 0.3 is 0 Å². The lowest BCUT2D eigenvalue weighted by molar-refractivity contribution is -0.0504. The normalized spacial score (nSPS) is 31.4. The van der Waals surface area contributed by atoms with Crippen molar-refractivity contribution in [2.45, 2.75) is 49.4 Å². The molecular weight excluding hydrogens is 358 g/mol. The summed E-state index contributed by atoms with van der Waals surface area (Å²) >= 11 is 1.61. The smallest absolute Gasteiger partial charge is 0.287 e. The molecule has 6 heteroatoms. The van der Waals surface area contributed by atoms with E-state index in [4.69, 9.17) is 4.42 Å². The summed E-state index contributed by atoms with van der Waals surface area (Å²) in [5, 5.41) is 4.14. The van der Waals surface area contributed by atoms with Crippen LogP contribution in [0.2, 0.25) is 0 Å². The van der Waals surface area contributed by atoms with Crippen molar-refractivity contribution in [2.24, 2.45) is 30.2 Å². The van der Waals surface area contributed by atoms with Gasteiger partial charge in [0, 0.05) is 26.0 Å². The Kier molecular flexibility index (Phi) is 4.34. The van der Waals surface area contributed by atoms with Crippen LogP contribution < -0.4 is 5.32 Å². The van der Waals surface area contributed by atoms with Gasteiger partial charge in [-0.3, -0.25) is 4.79 Å². The number of carbonyl (C=O) groups is 1. The van der Waals surface area contributed by atoms with E-state index in [1.165, 1.54) is 38.5 Å². The highest BCUT2D eigenvalue weighted by Crippen LogP contribution is 2.59. The van der Waals surface area contributed by atoms with Gasteiger partial charge in [0.15, 0.2) is 10.9 Å². The first-order chi connectivity index (χ1) is 13.1. The maximum absolute atomic E-state index is 12.6. The van der Waals surface area contributed by atoms with E-state index in [1.807, 2.05) is 23.9 Å². The Morgan fingerprint density at radius 3 is 2.59 bits per heavy atom. The molecule has 4 saturated carbocycles. The summed E-state index contributed by atoms with van der Waals surface area (Å²) in [5.41, 5.74) is 0.355. The van der Waals surface area contributed by atoms with Crippen LogP contribution in [0.1, 0.15) is 54.8 Å². The van der Waals surface area contributed by atoms with Gasteiger partial charge in [0.2, 0.25) is 0 Å². The maximum atomic E-state index is 12.6. The van der Waals surface area contributed by atoms with Gasteiger partial charge in [-0.2, -0.15) is 0 Å². The van der Waals surface area contributed by atoms with Gasteiger partial charge in [-0.1, -0.05) is 11.8 Å². The van der Waals surface area contributed by atoms with Crippen LogP contribution in [-0.4, -0.2) is 22.0 Å². The zero-order valence-corrected chi connectivity index (χ0v) is 16.6. The lowest BCUT2D eigenvalue weighted by Crippen LogP contribution is -2.51. The molecule has 1 N–H and O–H groups in total. The number of hydrogen-bond acceptors (Lipinski definition) is 4. The van der Waals surface area contributed by atoms with Gasteiger partial charge in [-0.15, -0.1) is 0 Å². The summed E-state index contributed by atoms with van der Waals surface area (Å²) in [6.07, 6.45) is 11.9. The third-order valence-electron chi connectivity index (χ3n) is 6.79. The Morgan fingerprint density at radius 1 is 1.26 bits per heavy atom. The van der Waals surface area contributed by atoms with Gasteiger partial charge < -0.3 is 14.3 Å². The van der Waals surface area contributed by atoms with E-state index >= 15 is 0 Å². The number of hydrogen-bond donors (Lipinski definition) is 1. The van der Waals surface area contributed by atoms with E-state index in [9.17, 15) is 4.79 Å². The Bertz CT molecular complexity index is 805. The highest BCUT2D eigenvalue weighted by atomic mass is 32.2. The van der Waals surface area contributed by atoms with E-state index in [0.29, 0.717) is 16.9 Å². The summed E-state index contributed by atoms with van der Waals surface area (Å²) in [6, 6.07) is 3.69. The summed E-state index contributed by atoms with van der Waals surface area (Å²) in [7, 11) is 1.97. The van der Waals surface area contributed by atoms with Crippen LogP contribution in [0, 0.1) is 23.2 Å². The van der Waals surface area contributed by atoms with E-state index in [0.717, 1.165) is 35.2 Å². The third-order valence-corrected chi connectivity index (χ3v) is 7.88.